The first-order valence-corrected chi connectivity index (χ1v) is 12.0. The number of aromatic amines is 1. The Hall–Kier alpha value is -4.36. The summed E-state index contributed by atoms with van der Waals surface area (Å²) in [7, 11) is 0. The zero-order valence-corrected chi connectivity index (χ0v) is 20.1. The summed E-state index contributed by atoms with van der Waals surface area (Å²) in [5, 5.41) is 16.7. The largest absolute Gasteiger partial charge is 0.439 e. The normalized spacial score (nSPS) is 18.5. The van der Waals surface area contributed by atoms with Crippen molar-refractivity contribution in [3.05, 3.63) is 64.4 Å². The number of aromatic nitrogens is 2. The molecule has 12 nitrogen and oxygen atoms in total. The lowest BCUT2D eigenvalue weighted by Gasteiger charge is -2.34. The smallest absolute Gasteiger partial charge is 0.380 e. The predicted molar refractivity (Wildman–Crippen MR) is 131 cm³/mol. The van der Waals surface area contributed by atoms with E-state index in [9.17, 15) is 28.7 Å². The van der Waals surface area contributed by atoms with E-state index < -0.39 is 35.6 Å². The lowest BCUT2D eigenvalue weighted by Crippen LogP contribution is -2.55. The number of ether oxygens (including phenoxy) is 1. The Labute approximate surface area is 215 Å². The van der Waals surface area contributed by atoms with Crippen LogP contribution in [0.4, 0.5) is 15.8 Å². The molecule has 2 aliphatic heterocycles. The van der Waals surface area contributed by atoms with Crippen LogP contribution in [0, 0.1) is 5.82 Å². The van der Waals surface area contributed by atoms with E-state index >= 15 is 0 Å². The van der Waals surface area contributed by atoms with E-state index in [1.807, 2.05) is 0 Å². The monoisotopic (exact) mass is 525 g/mol. The van der Waals surface area contributed by atoms with Crippen LogP contribution in [-0.2, 0) is 14.3 Å². The summed E-state index contributed by atoms with van der Waals surface area (Å²) in [6.07, 6.45) is -1.64. The molecule has 2 saturated heterocycles. The Morgan fingerprint density at radius 2 is 1.84 bits per heavy atom. The van der Waals surface area contributed by atoms with Crippen molar-refractivity contribution < 1.29 is 33.1 Å². The summed E-state index contributed by atoms with van der Waals surface area (Å²) < 4.78 is 24.3. The van der Waals surface area contributed by atoms with E-state index in [1.54, 1.807) is 17.0 Å². The highest BCUT2D eigenvalue weighted by molar-refractivity contribution is 6.04. The molecule has 13 heteroatoms. The average Bonchev–Trinajstić information content (AvgIpc) is 3.60. The number of benzene rings is 2. The summed E-state index contributed by atoms with van der Waals surface area (Å²) in [5.41, 5.74) is 1.08. The van der Waals surface area contributed by atoms with E-state index in [2.05, 4.69) is 20.0 Å². The van der Waals surface area contributed by atoms with E-state index in [0.717, 1.165) is 25.0 Å². The first-order chi connectivity index (χ1) is 18.3. The van der Waals surface area contributed by atoms with E-state index in [-0.39, 0.29) is 36.1 Å². The number of halogens is 1. The highest BCUT2D eigenvalue weighted by atomic mass is 19.1. The summed E-state index contributed by atoms with van der Waals surface area (Å²) in [6, 6.07) is 9.82. The molecule has 38 heavy (non-hydrogen) atoms. The maximum absolute atomic E-state index is 14.4. The van der Waals surface area contributed by atoms with Gasteiger partial charge < -0.3 is 25.0 Å². The standard InChI is InChI=1S/C25H24FN5O7/c26-16-11-15(23(34)30-7-1-2-8-30)12-18(13-16)31-9-10-37-20(24(31)35)19(32)22(33)27-17-5-3-14(4-6-17)21-28-25(36)38-29-21/h3-6,11-13,19-20,32H,1-2,7-10H2,(H,27,33)(H,28,29,36)/t19-,20-/m1/s1. The van der Waals surface area contributed by atoms with Crippen LogP contribution in [0.25, 0.3) is 11.4 Å². The van der Waals surface area contributed by atoms with Crippen molar-refractivity contribution in [3.63, 3.8) is 0 Å². The van der Waals surface area contributed by atoms with E-state index in [0.29, 0.717) is 24.3 Å². The molecule has 2 aliphatic rings. The van der Waals surface area contributed by atoms with Gasteiger partial charge in [-0.05, 0) is 55.3 Å². The molecule has 0 saturated carbocycles. The number of nitrogens with one attached hydrogen (secondary N) is 2. The molecule has 198 valence electrons. The zero-order valence-electron chi connectivity index (χ0n) is 20.1. The van der Waals surface area contributed by atoms with Crippen LogP contribution in [0.3, 0.4) is 0 Å². The second-order valence-electron chi connectivity index (χ2n) is 8.93. The third-order valence-corrected chi connectivity index (χ3v) is 6.38. The summed E-state index contributed by atoms with van der Waals surface area (Å²) in [5.74, 6) is -3.14. The Bertz CT molecular complexity index is 1410. The van der Waals surface area contributed by atoms with Crippen LogP contribution in [0.1, 0.15) is 23.2 Å². The maximum atomic E-state index is 14.4. The first kappa shape index (κ1) is 25.3. The highest BCUT2D eigenvalue weighted by Gasteiger charge is 2.39. The van der Waals surface area contributed by atoms with Crippen molar-refractivity contribution in [1.82, 2.24) is 15.0 Å². The summed E-state index contributed by atoms with van der Waals surface area (Å²) in [4.78, 5) is 55.0. The molecule has 0 bridgehead atoms. The SMILES string of the molecule is O=C(Nc1ccc(-c2noc(=O)[nH]2)cc1)[C@H](O)[C@H]1OCCN(c2cc(F)cc(C(=O)N3CCCC3)c2)C1=O. The molecule has 3 aromatic rings. The fraction of sp³-hybridized carbons (Fsp3) is 0.320. The molecule has 0 unspecified atom stereocenters. The Morgan fingerprint density at radius 1 is 1.11 bits per heavy atom. The van der Waals surface area contributed by atoms with Gasteiger partial charge in [0.1, 0.15) is 5.82 Å². The van der Waals surface area contributed by atoms with Crippen molar-refractivity contribution in [2.75, 3.05) is 36.5 Å². The number of H-pyrrole nitrogens is 1. The van der Waals surface area contributed by atoms with E-state index in [1.165, 1.54) is 23.1 Å². The lowest BCUT2D eigenvalue weighted by molar-refractivity contribution is -0.150. The second kappa shape index (κ2) is 10.6. The van der Waals surface area contributed by atoms with Gasteiger partial charge in [0.2, 0.25) is 0 Å². The fourth-order valence-electron chi connectivity index (χ4n) is 4.46. The minimum Gasteiger partial charge on any atom is -0.380 e. The average molecular weight is 525 g/mol. The van der Waals surface area contributed by atoms with Gasteiger partial charge in [-0.1, -0.05) is 5.16 Å². The Morgan fingerprint density at radius 3 is 2.53 bits per heavy atom. The quantitative estimate of drug-likeness (QED) is 0.432. The Kier molecular flexibility index (Phi) is 7.03. The van der Waals surface area contributed by atoms with Crippen molar-refractivity contribution in [2.45, 2.75) is 25.0 Å². The van der Waals surface area contributed by atoms with Crippen LogP contribution >= 0.6 is 0 Å². The molecular formula is C25H24FN5O7. The van der Waals surface area contributed by atoms with Crippen LogP contribution in [-0.4, -0.2) is 76.3 Å². The van der Waals surface area contributed by atoms with Crippen molar-refractivity contribution in [2.24, 2.45) is 0 Å². The van der Waals surface area contributed by atoms with Crippen molar-refractivity contribution >= 4 is 29.1 Å². The third-order valence-electron chi connectivity index (χ3n) is 6.38. The number of rotatable bonds is 6. The number of carbonyl (C=O) groups is 3. The predicted octanol–water partition coefficient (Wildman–Crippen LogP) is 1.14. The minimum atomic E-state index is -1.86. The van der Waals surface area contributed by atoms with Gasteiger partial charge in [0.25, 0.3) is 17.7 Å². The van der Waals surface area contributed by atoms with Gasteiger partial charge in [-0.2, -0.15) is 0 Å². The van der Waals surface area contributed by atoms with Crippen LogP contribution in [0.5, 0.6) is 0 Å². The van der Waals surface area contributed by atoms with Gasteiger partial charge in [0.15, 0.2) is 18.0 Å². The van der Waals surface area contributed by atoms with Crippen LogP contribution in [0.15, 0.2) is 51.8 Å². The van der Waals surface area contributed by atoms with Gasteiger partial charge in [-0.25, -0.2) is 9.18 Å². The molecule has 5 rings (SSSR count). The van der Waals surface area contributed by atoms with Crippen molar-refractivity contribution in [3.8, 4) is 11.4 Å². The third kappa shape index (κ3) is 5.19. The number of carbonyl (C=O) groups excluding carboxylic acids is 3. The molecule has 0 spiro atoms. The number of anilines is 2. The number of likely N-dealkylation sites (tertiary alicyclic amines) is 1. The topological polar surface area (TPSA) is 158 Å². The summed E-state index contributed by atoms with van der Waals surface area (Å²) in [6.45, 7) is 1.22. The molecule has 3 amide bonds. The van der Waals surface area contributed by atoms with Gasteiger partial charge in [-0.3, -0.25) is 23.9 Å². The number of nitrogens with zero attached hydrogens (tertiary/aromatic N) is 3. The molecule has 2 fully saturated rings. The molecule has 2 atom stereocenters. The highest BCUT2D eigenvalue weighted by Crippen LogP contribution is 2.25. The number of aliphatic hydroxyl groups excluding tert-OH is 1. The molecule has 2 aromatic carbocycles. The zero-order chi connectivity index (χ0) is 26.8. The van der Waals surface area contributed by atoms with Crippen LogP contribution < -0.4 is 16.0 Å². The number of amides is 3. The molecule has 3 N–H and O–H groups in total. The first-order valence-electron chi connectivity index (χ1n) is 12.0. The lowest BCUT2D eigenvalue weighted by atomic mass is 10.1. The van der Waals surface area contributed by atoms with Gasteiger partial charge in [0.05, 0.1) is 6.61 Å². The molecule has 3 heterocycles. The number of hydrogen-bond donors (Lipinski definition) is 3. The molecule has 0 radical (unpaired) electrons. The number of aliphatic hydroxyl groups is 1. The maximum Gasteiger partial charge on any atom is 0.439 e. The summed E-state index contributed by atoms with van der Waals surface area (Å²) >= 11 is 0. The molecular weight excluding hydrogens is 501 g/mol. The second-order valence-corrected chi connectivity index (χ2v) is 8.93. The van der Waals surface area contributed by atoms with Gasteiger partial charge in [0, 0.05) is 42.1 Å². The molecule has 0 aliphatic carbocycles. The van der Waals surface area contributed by atoms with Crippen molar-refractivity contribution in [1.29, 1.82) is 0 Å². The fourth-order valence-corrected chi connectivity index (χ4v) is 4.46. The van der Waals surface area contributed by atoms with E-state index in [4.69, 9.17) is 4.74 Å². The number of hydrogen-bond acceptors (Lipinski definition) is 8. The van der Waals surface area contributed by atoms with Gasteiger partial charge in [-0.15, -0.1) is 0 Å². The molecule has 1 aromatic heterocycles. The van der Waals surface area contributed by atoms with Crippen LogP contribution in [0.2, 0.25) is 0 Å². The van der Waals surface area contributed by atoms with Gasteiger partial charge >= 0.3 is 5.76 Å². The number of morpholine rings is 1. The minimum absolute atomic E-state index is 0.0166. The Balaban J connectivity index is 1.28.